The second-order valence-corrected chi connectivity index (χ2v) is 3.57. The molecule has 1 rings (SSSR count). The molecule has 0 saturated heterocycles. The summed E-state index contributed by atoms with van der Waals surface area (Å²) in [5, 5.41) is 1.73. The van der Waals surface area contributed by atoms with Crippen LogP contribution < -0.4 is 5.32 Å². The molecule has 0 amide bonds. The summed E-state index contributed by atoms with van der Waals surface area (Å²) in [4.78, 5) is 10.8. The minimum absolute atomic E-state index is 0.705. The zero-order valence-electron chi connectivity index (χ0n) is 9.72. The van der Waals surface area contributed by atoms with Gasteiger partial charge in [-0.1, -0.05) is 6.07 Å². The molecule has 1 aromatic carbocycles. The molecule has 0 fully saturated rings. The van der Waals surface area contributed by atoms with Gasteiger partial charge in [-0.05, 0) is 12.1 Å². The molecule has 1 unspecified atom stereocenters. The van der Waals surface area contributed by atoms with Crippen LogP contribution in [0.4, 0.5) is 22.0 Å². The van der Waals surface area contributed by atoms with E-state index < -0.39 is 41.9 Å². The summed E-state index contributed by atoms with van der Waals surface area (Å²) >= 11 is 0. The average molecular weight is 283 g/mol. The molecule has 0 aliphatic rings. The number of rotatable bonds is 4. The van der Waals surface area contributed by atoms with E-state index in [1.165, 1.54) is 0 Å². The second-order valence-electron chi connectivity index (χ2n) is 3.57. The number of alkyl halides is 3. The van der Waals surface area contributed by atoms with Crippen LogP contribution in [0.2, 0.25) is 0 Å². The second kappa shape index (κ2) is 5.96. The van der Waals surface area contributed by atoms with Crippen molar-refractivity contribution in [2.45, 2.75) is 12.2 Å². The van der Waals surface area contributed by atoms with Crippen LogP contribution in [0.3, 0.4) is 0 Å². The molecule has 0 saturated carbocycles. The van der Waals surface area contributed by atoms with Crippen molar-refractivity contribution < 1.29 is 31.5 Å². The monoisotopic (exact) mass is 283 g/mol. The Morgan fingerprint density at radius 2 is 1.84 bits per heavy atom. The van der Waals surface area contributed by atoms with Gasteiger partial charge in [-0.15, -0.1) is 0 Å². The highest BCUT2D eigenvalue weighted by Gasteiger charge is 2.43. The highest BCUT2D eigenvalue weighted by Crippen LogP contribution is 2.35. The number of nitrogens with one attached hydrogen (secondary N) is 1. The maximum absolute atomic E-state index is 13.3. The van der Waals surface area contributed by atoms with Crippen molar-refractivity contribution in [1.82, 2.24) is 5.32 Å². The van der Waals surface area contributed by atoms with Crippen molar-refractivity contribution in [2.75, 3.05) is 13.7 Å². The summed E-state index contributed by atoms with van der Waals surface area (Å²) in [6.45, 7) is -0.825. The number of halogens is 5. The number of esters is 1. The van der Waals surface area contributed by atoms with Crippen molar-refractivity contribution in [1.29, 1.82) is 0 Å². The van der Waals surface area contributed by atoms with E-state index in [9.17, 15) is 26.7 Å². The summed E-state index contributed by atoms with van der Waals surface area (Å²) in [6, 6.07) is -0.275. The van der Waals surface area contributed by atoms with Crippen LogP contribution in [-0.4, -0.2) is 25.8 Å². The maximum Gasteiger partial charge on any atom is 0.408 e. The molecule has 1 N–H and O–H groups in total. The van der Waals surface area contributed by atoms with Gasteiger partial charge in [0.05, 0.1) is 13.7 Å². The van der Waals surface area contributed by atoms with Crippen molar-refractivity contribution in [2.24, 2.45) is 0 Å². The summed E-state index contributed by atoms with van der Waals surface area (Å²) in [5.41, 5.74) is -1.18. The first kappa shape index (κ1) is 15.4. The molecular weight excluding hydrogens is 273 g/mol. The Bertz CT molecular complexity index is 441. The molecule has 1 atom stereocenters. The smallest absolute Gasteiger partial charge is 0.408 e. The van der Waals surface area contributed by atoms with Gasteiger partial charge < -0.3 is 4.74 Å². The predicted octanol–water partition coefficient (Wildman–Crippen LogP) is 2.33. The lowest BCUT2D eigenvalue weighted by molar-refractivity contribution is -0.161. The van der Waals surface area contributed by atoms with Crippen molar-refractivity contribution >= 4 is 5.97 Å². The molecular formula is C11H10F5NO2. The summed E-state index contributed by atoms with van der Waals surface area (Å²) in [5.74, 6) is -3.68. The average Bonchev–Trinajstić information content (AvgIpc) is 2.30. The van der Waals surface area contributed by atoms with Crippen LogP contribution in [0.1, 0.15) is 11.6 Å². The van der Waals surface area contributed by atoms with Gasteiger partial charge in [0.15, 0.2) is 0 Å². The third-order valence-corrected chi connectivity index (χ3v) is 2.29. The standard InChI is InChI=1S/C11H10F5NO2/c1-19-8(18)5-17-10(11(14,15)16)9-6(12)3-2-4-7(9)13/h2-4,10,17H,5H2,1H3. The molecule has 1 aromatic rings. The molecule has 0 aromatic heterocycles. The minimum atomic E-state index is -4.96. The van der Waals surface area contributed by atoms with E-state index in [4.69, 9.17) is 0 Å². The van der Waals surface area contributed by atoms with E-state index in [2.05, 4.69) is 4.74 Å². The van der Waals surface area contributed by atoms with E-state index in [1.807, 2.05) is 0 Å². The van der Waals surface area contributed by atoms with Gasteiger partial charge in [-0.25, -0.2) is 8.78 Å². The van der Waals surface area contributed by atoms with Gasteiger partial charge in [0.1, 0.15) is 17.7 Å². The number of carbonyl (C=O) groups is 1. The number of hydrogen-bond acceptors (Lipinski definition) is 3. The Labute approximate surface area is 105 Å². The Balaban J connectivity index is 3.08. The zero-order chi connectivity index (χ0) is 14.6. The topological polar surface area (TPSA) is 38.3 Å². The van der Waals surface area contributed by atoms with Crippen molar-refractivity contribution in [3.05, 3.63) is 35.4 Å². The largest absolute Gasteiger partial charge is 0.468 e. The van der Waals surface area contributed by atoms with E-state index in [0.717, 1.165) is 13.2 Å². The van der Waals surface area contributed by atoms with Gasteiger partial charge in [0.25, 0.3) is 0 Å². The molecule has 0 bridgehead atoms. The fourth-order valence-electron chi connectivity index (χ4n) is 1.43. The highest BCUT2D eigenvalue weighted by molar-refractivity contribution is 5.71. The Morgan fingerprint density at radius 1 is 1.32 bits per heavy atom. The fraction of sp³-hybridized carbons (Fsp3) is 0.364. The molecule has 0 heterocycles. The van der Waals surface area contributed by atoms with Gasteiger partial charge >= 0.3 is 12.1 Å². The molecule has 0 aliphatic carbocycles. The molecule has 0 aliphatic heterocycles. The number of carbonyl (C=O) groups excluding carboxylic acids is 1. The fourth-order valence-corrected chi connectivity index (χ4v) is 1.43. The number of methoxy groups -OCH3 is 1. The van der Waals surface area contributed by atoms with Gasteiger partial charge in [-0.2, -0.15) is 13.2 Å². The lowest BCUT2D eigenvalue weighted by Gasteiger charge is -2.22. The van der Waals surface area contributed by atoms with Gasteiger partial charge in [0.2, 0.25) is 0 Å². The molecule has 0 radical (unpaired) electrons. The first-order valence-corrected chi connectivity index (χ1v) is 5.08. The van der Waals surface area contributed by atoms with Crippen LogP contribution >= 0.6 is 0 Å². The predicted molar refractivity (Wildman–Crippen MR) is 55.2 cm³/mol. The van der Waals surface area contributed by atoms with E-state index >= 15 is 0 Å². The summed E-state index contributed by atoms with van der Waals surface area (Å²) in [7, 11) is 0.982. The Morgan fingerprint density at radius 3 is 2.26 bits per heavy atom. The van der Waals surface area contributed by atoms with Crippen LogP contribution in [-0.2, 0) is 9.53 Å². The van der Waals surface area contributed by atoms with E-state index in [0.29, 0.717) is 12.1 Å². The first-order valence-electron chi connectivity index (χ1n) is 5.08. The minimum Gasteiger partial charge on any atom is -0.468 e. The van der Waals surface area contributed by atoms with Crippen LogP contribution in [0.5, 0.6) is 0 Å². The highest BCUT2D eigenvalue weighted by atomic mass is 19.4. The molecule has 3 nitrogen and oxygen atoms in total. The van der Waals surface area contributed by atoms with Crippen molar-refractivity contribution in [3.8, 4) is 0 Å². The summed E-state index contributed by atoms with van der Waals surface area (Å²) in [6.07, 6.45) is -4.96. The normalized spacial score (nSPS) is 13.2. The molecule has 0 spiro atoms. The molecule has 8 heteroatoms. The van der Waals surface area contributed by atoms with E-state index in [1.54, 1.807) is 5.32 Å². The molecule has 19 heavy (non-hydrogen) atoms. The first-order chi connectivity index (χ1) is 8.77. The lowest BCUT2D eigenvalue weighted by Crippen LogP contribution is -2.38. The number of ether oxygens (including phenoxy) is 1. The van der Waals surface area contributed by atoms with Crippen molar-refractivity contribution in [3.63, 3.8) is 0 Å². The van der Waals surface area contributed by atoms with Crippen LogP contribution in [0, 0.1) is 11.6 Å². The SMILES string of the molecule is COC(=O)CNC(c1c(F)cccc1F)C(F)(F)F. The maximum atomic E-state index is 13.3. The number of hydrogen-bond donors (Lipinski definition) is 1. The third kappa shape index (κ3) is 3.88. The Kier molecular flexibility index (Phi) is 4.82. The zero-order valence-corrected chi connectivity index (χ0v) is 9.72. The van der Waals surface area contributed by atoms with E-state index in [-0.39, 0.29) is 0 Å². The lowest BCUT2D eigenvalue weighted by atomic mass is 10.0. The van der Waals surface area contributed by atoms with Crippen LogP contribution in [0.25, 0.3) is 0 Å². The third-order valence-electron chi connectivity index (χ3n) is 2.29. The quantitative estimate of drug-likeness (QED) is 0.681. The van der Waals surface area contributed by atoms with Gasteiger partial charge in [0, 0.05) is 5.56 Å². The summed E-state index contributed by atoms with van der Waals surface area (Å²) < 4.78 is 69.2. The van der Waals surface area contributed by atoms with Crippen LogP contribution in [0.15, 0.2) is 18.2 Å². The van der Waals surface area contributed by atoms with Gasteiger partial charge in [-0.3, -0.25) is 10.1 Å². The molecule has 106 valence electrons. The number of benzene rings is 1. The Hall–Kier alpha value is -1.70.